The maximum atomic E-state index is 11.5. The van der Waals surface area contributed by atoms with Gasteiger partial charge in [0.25, 0.3) is 5.91 Å². The first-order valence-electron chi connectivity index (χ1n) is 3.89. The van der Waals surface area contributed by atoms with Crippen LogP contribution < -0.4 is 5.32 Å². The summed E-state index contributed by atoms with van der Waals surface area (Å²) in [6.07, 6.45) is 0. The zero-order chi connectivity index (χ0) is 9.26. The van der Waals surface area contributed by atoms with E-state index in [1.54, 1.807) is 11.4 Å². The van der Waals surface area contributed by atoms with E-state index in [0.29, 0.717) is 23.1 Å². The predicted octanol–water partition coefficient (Wildman–Crippen LogP) is 1.53. The normalized spacial score (nSPS) is 16.7. The van der Waals surface area contributed by atoms with Crippen LogP contribution in [0.1, 0.15) is 9.67 Å². The zero-order valence-electron chi connectivity index (χ0n) is 6.75. The summed E-state index contributed by atoms with van der Waals surface area (Å²) in [4.78, 5) is 12.1. The molecule has 0 radical (unpaired) electrons. The molecule has 1 aromatic heterocycles. The summed E-state index contributed by atoms with van der Waals surface area (Å²) in [6, 6.07) is 1.88. The number of hydrogen-bond acceptors (Lipinski definition) is 3. The van der Waals surface area contributed by atoms with Gasteiger partial charge >= 0.3 is 0 Å². The van der Waals surface area contributed by atoms with E-state index in [2.05, 4.69) is 5.32 Å². The van der Waals surface area contributed by atoms with Crippen molar-refractivity contribution in [2.75, 3.05) is 13.2 Å². The highest BCUT2D eigenvalue weighted by molar-refractivity contribution is 7.12. The lowest BCUT2D eigenvalue weighted by Gasteiger charge is -2.26. The fourth-order valence-electron chi connectivity index (χ4n) is 1.03. The highest BCUT2D eigenvalue weighted by atomic mass is 35.5. The Morgan fingerprint density at radius 2 is 2.46 bits per heavy atom. The minimum Gasteiger partial charge on any atom is -0.377 e. The summed E-state index contributed by atoms with van der Waals surface area (Å²) in [7, 11) is 0. The number of halogens is 1. The highest BCUT2D eigenvalue weighted by Gasteiger charge is 2.22. The van der Waals surface area contributed by atoms with Gasteiger partial charge in [-0.05, 0) is 11.4 Å². The molecular weight excluding hydrogens is 210 g/mol. The first-order valence-corrected chi connectivity index (χ1v) is 5.15. The molecule has 5 heteroatoms. The van der Waals surface area contributed by atoms with Crippen molar-refractivity contribution < 1.29 is 9.53 Å². The van der Waals surface area contributed by atoms with Crippen LogP contribution in [0.15, 0.2) is 11.4 Å². The first kappa shape index (κ1) is 8.99. The molecule has 1 fully saturated rings. The van der Waals surface area contributed by atoms with Crippen molar-refractivity contribution in [3.8, 4) is 0 Å². The van der Waals surface area contributed by atoms with Gasteiger partial charge < -0.3 is 10.1 Å². The van der Waals surface area contributed by atoms with E-state index >= 15 is 0 Å². The molecule has 0 aromatic carbocycles. The molecule has 70 valence electrons. The van der Waals surface area contributed by atoms with Crippen LogP contribution in [0.2, 0.25) is 5.02 Å². The van der Waals surface area contributed by atoms with Gasteiger partial charge in [-0.15, -0.1) is 11.3 Å². The first-order chi connectivity index (χ1) is 6.27. The van der Waals surface area contributed by atoms with E-state index in [1.807, 2.05) is 0 Å². The lowest BCUT2D eigenvalue weighted by molar-refractivity contribution is -0.00338. The highest BCUT2D eigenvalue weighted by Crippen LogP contribution is 2.21. The number of nitrogens with one attached hydrogen (secondary N) is 1. The second-order valence-corrected chi connectivity index (χ2v) is 4.13. The molecule has 1 aliphatic heterocycles. The summed E-state index contributed by atoms with van der Waals surface area (Å²) in [6.45, 7) is 1.21. The van der Waals surface area contributed by atoms with Crippen LogP contribution in [0.3, 0.4) is 0 Å². The average Bonchev–Trinajstić information content (AvgIpc) is 2.43. The summed E-state index contributed by atoms with van der Waals surface area (Å²) >= 11 is 7.15. The molecular formula is C8H8ClNO2S. The average molecular weight is 218 g/mol. The van der Waals surface area contributed by atoms with Crippen molar-refractivity contribution >= 4 is 28.8 Å². The molecule has 13 heavy (non-hydrogen) atoms. The Hall–Kier alpha value is -0.580. The molecule has 1 amide bonds. The van der Waals surface area contributed by atoms with Gasteiger partial charge in [-0.25, -0.2) is 0 Å². The van der Waals surface area contributed by atoms with Gasteiger partial charge in [-0.3, -0.25) is 4.79 Å². The lowest BCUT2D eigenvalue weighted by atomic mass is 10.2. The Morgan fingerprint density at radius 1 is 1.69 bits per heavy atom. The van der Waals surface area contributed by atoms with Crippen molar-refractivity contribution in [2.24, 2.45) is 0 Å². The lowest BCUT2D eigenvalue weighted by Crippen LogP contribution is -2.48. The number of carbonyl (C=O) groups excluding carboxylic acids is 1. The maximum Gasteiger partial charge on any atom is 0.263 e. The van der Waals surface area contributed by atoms with Crippen molar-refractivity contribution in [3.05, 3.63) is 21.3 Å². The van der Waals surface area contributed by atoms with Gasteiger partial charge in [-0.2, -0.15) is 0 Å². The van der Waals surface area contributed by atoms with Crippen LogP contribution >= 0.6 is 22.9 Å². The van der Waals surface area contributed by atoms with Crippen molar-refractivity contribution in [2.45, 2.75) is 6.04 Å². The van der Waals surface area contributed by atoms with Gasteiger partial charge in [0.15, 0.2) is 0 Å². The third-order valence-electron chi connectivity index (χ3n) is 1.80. The summed E-state index contributed by atoms with van der Waals surface area (Å²) in [5.41, 5.74) is 0. The summed E-state index contributed by atoms with van der Waals surface area (Å²) < 4.78 is 4.94. The molecule has 1 saturated heterocycles. The standard InChI is InChI=1S/C8H8ClNO2S/c9-6-1-2-13-7(6)8(11)10-5-3-12-4-5/h1-2,5H,3-4H2,(H,10,11). The Kier molecular flexibility index (Phi) is 2.53. The molecule has 2 rings (SSSR count). The van der Waals surface area contributed by atoms with Crippen molar-refractivity contribution in [3.63, 3.8) is 0 Å². The van der Waals surface area contributed by atoms with E-state index in [-0.39, 0.29) is 11.9 Å². The molecule has 1 aromatic rings. The Bertz CT molecular complexity index is 322. The van der Waals surface area contributed by atoms with Gasteiger partial charge in [0, 0.05) is 0 Å². The molecule has 0 saturated carbocycles. The fourth-order valence-corrected chi connectivity index (χ4v) is 2.07. The molecule has 0 aliphatic carbocycles. The fraction of sp³-hybridized carbons (Fsp3) is 0.375. The van der Waals surface area contributed by atoms with Crippen LogP contribution in [-0.4, -0.2) is 25.2 Å². The monoisotopic (exact) mass is 217 g/mol. The van der Waals surface area contributed by atoms with E-state index in [9.17, 15) is 4.79 Å². The number of rotatable bonds is 2. The Morgan fingerprint density at radius 3 is 2.92 bits per heavy atom. The van der Waals surface area contributed by atoms with Gasteiger partial charge in [0.05, 0.1) is 24.3 Å². The zero-order valence-corrected chi connectivity index (χ0v) is 8.32. The van der Waals surface area contributed by atoms with Gasteiger partial charge in [0.1, 0.15) is 4.88 Å². The molecule has 0 atom stereocenters. The smallest absolute Gasteiger partial charge is 0.263 e. The molecule has 1 N–H and O–H groups in total. The molecule has 0 unspecified atom stereocenters. The van der Waals surface area contributed by atoms with E-state index in [1.165, 1.54) is 11.3 Å². The Labute approximate surface area is 84.7 Å². The summed E-state index contributed by atoms with van der Waals surface area (Å²) in [5.74, 6) is -0.103. The van der Waals surface area contributed by atoms with Crippen LogP contribution in [0, 0.1) is 0 Å². The number of hydrogen-bond donors (Lipinski definition) is 1. The SMILES string of the molecule is O=C(NC1COC1)c1sccc1Cl. The van der Waals surface area contributed by atoms with Gasteiger partial charge in [0.2, 0.25) is 0 Å². The topological polar surface area (TPSA) is 38.3 Å². The molecule has 0 bridgehead atoms. The molecule has 3 nitrogen and oxygen atoms in total. The molecule has 1 aliphatic rings. The minimum atomic E-state index is -0.103. The van der Waals surface area contributed by atoms with Crippen LogP contribution in [0.4, 0.5) is 0 Å². The second-order valence-electron chi connectivity index (χ2n) is 2.81. The Balaban J connectivity index is 2.00. The number of carbonyl (C=O) groups is 1. The van der Waals surface area contributed by atoms with E-state index in [0.717, 1.165) is 0 Å². The number of thiophene rings is 1. The van der Waals surface area contributed by atoms with Crippen LogP contribution in [0.25, 0.3) is 0 Å². The predicted molar refractivity (Wildman–Crippen MR) is 51.4 cm³/mol. The third-order valence-corrected chi connectivity index (χ3v) is 3.14. The number of ether oxygens (including phenoxy) is 1. The molecule has 0 spiro atoms. The third kappa shape index (κ3) is 1.85. The second kappa shape index (κ2) is 3.65. The number of amides is 1. The maximum absolute atomic E-state index is 11.5. The minimum absolute atomic E-state index is 0.103. The molecule has 2 heterocycles. The largest absolute Gasteiger partial charge is 0.377 e. The van der Waals surface area contributed by atoms with Crippen LogP contribution in [-0.2, 0) is 4.74 Å². The van der Waals surface area contributed by atoms with Crippen LogP contribution in [0.5, 0.6) is 0 Å². The quantitative estimate of drug-likeness (QED) is 0.816. The van der Waals surface area contributed by atoms with E-state index in [4.69, 9.17) is 16.3 Å². The summed E-state index contributed by atoms with van der Waals surface area (Å²) in [5, 5.41) is 5.14. The van der Waals surface area contributed by atoms with Crippen molar-refractivity contribution in [1.29, 1.82) is 0 Å². The van der Waals surface area contributed by atoms with E-state index < -0.39 is 0 Å². The van der Waals surface area contributed by atoms with Gasteiger partial charge in [-0.1, -0.05) is 11.6 Å². The van der Waals surface area contributed by atoms with Crippen molar-refractivity contribution in [1.82, 2.24) is 5.32 Å².